The molecule has 148 valence electrons. The monoisotopic (exact) mass is 511 g/mol. The van der Waals surface area contributed by atoms with Gasteiger partial charge in [-0.15, -0.1) is 0 Å². The molecule has 1 aliphatic rings. The molecule has 1 amide bonds. The Morgan fingerprint density at radius 2 is 2.07 bits per heavy atom. The van der Waals surface area contributed by atoms with Crippen LogP contribution in [0.25, 0.3) is 11.3 Å². The van der Waals surface area contributed by atoms with Gasteiger partial charge in [0.1, 0.15) is 0 Å². The molecule has 0 bridgehead atoms. The van der Waals surface area contributed by atoms with Crippen molar-refractivity contribution in [2.75, 3.05) is 11.2 Å². The number of H-pyrrole nitrogens is 1. The second-order valence-electron chi connectivity index (χ2n) is 6.32. The van der Waals surface area contributed by atoms with Crippen molar-refractivity contribution >= 4 is 62.5 Å². The largest absolute Gasteiger partial charge is 0.325 e. The minimum Gasteiger partial charge on any atom is -0.291 e. The topological polar surface area (TPSA) is 69.9 Å². The smallest absolute Gasteiger partial charge is 0.291 e. The minimum absolute atomic E-state index is 0.222. The highest BCUT2D eigenvalue weighted by Gasteiger charge is 2.46. The van der Waals surface area contributed by atoms with Crippen LogP contribution in [0, 0.1) is 0 Å². The number of nitrogens with zero attached hydrogens (tertiary/aromatic N) is 3. The SMILES string of the molecule is CSc1n[n+]2c(c(=O)[nH]1)-c1cc(Br)ccc1N(C(C)=O)[C@H]2c1cccc(Cl)c1Cl. The number of amides is 1. The number of anilines is 1. The molecule has 0 saturated carbocycles. The zero-order valence-electron chi connectivity index (χ0n) is 15.2. The highest BCUT2D eigenvalue weighted by atomic mass is 79.9. The summed E-state index contributed by atoms with van der Waals surface area (Å²) >= 11 is 17.5. The number of aromatic nitrogens is 3. The van der Waals surface area contributed by atoms with Gasteiger partial charge in [0, 0.05) is 16.5 Å². The van der Waals surface area contributed by atoms with E-state index in [4.69, 9.17) is 23.2 Å². The summed E-state index contributed by atoms with van der Waals surface area (Å²) in [5, 5.41) is 5.67. The van der Waals surface area contributed by atoms with Crippen LogP contribution in [0.1, 0.15) is 18.7 Å². The van der Waals surface area contributed by atoms with Crippen molar-refractivity contribution in [2.24, 2.45) is 0 Å². The van der Waals surface area contributed by atoms with Crippen molar-refractivity contribution in [3.8, 4) is 11.3 Å². The van der Waals surface area contributed by atoms with Gasteiger partial charge in [0.15, 0.2) is 0 Å². The number of thioether (sulfide) groups is 1. The van der Waals surface area contributed by atoms with Gasteiger partial charge in [0.2, 0.25) is 11.1 Å². The van der Waals surface area contributed by atoms with E-state index in [-0.39, 0.29) is 11.5 Å². The molecule has 10 heteroatoms. The lowest BCUT2D eigenvalue weighted by Gasteiger charge is -2.31. The van der Waals surface area contributed by atoms with Gasteiger partial charge in [0.05, 0.1) is 26.9 Å². The third-order valence-electron chi connectivity index (χ3n) is 4.60. The number of carbonyl (C=O) groups excluding carboxylic acids is 1. The number of benzene rings is 2. The maximum atomic E-state index is 13.0. The highest BCUT2D eigenvalue weighted by Crippen LogP contribution is 2.41. The summed E-state index contributed by atoms with van der Waals surface area (Å²) in [6.07, 6.45) is 1.04. The maximum absolute atomic E-state index is 13.0. The lowest BCUT2D eigenvalue weighted by molar-refractivity contribution is -0.763. The lowest BCUT2D eigenvalue weighted by Crippen LogP contribution is -2.60. The first-order valence-electron chi connectivity index (χ1n) is 8.47. The van der Waals surface area contributed by atoms with Crippen LogP contribution < -0.4 is 15.1 Å². The van der Waals surface area contributed by atoms with Gasteiger partial charge < -0.3 is 0 Å². The molecule has 3 aromatic rings. The molecule has 0 saturated heterocycles. The summed E-state index contributed by atoms with van der Waals surface area (Å²) in [6.45, 7) is 1.46. The summed E-state index contributed by atoms with van der Waals surface area (Å²) in [4.78, 5) is 30.2. The van der Waals surface area contributed by atoms with E-state index in [1.54, 1.807) is 39.9 Å². The minimum atomic E-state index is -0.768. The molecule has 2 heterocycles. The zero-order chi connectivity index (χ0) is 20.9. The summed E-state index contributed by atoms with van der Waals surface area (Å²) in [6, 6.07) is 10.6. The molecule has 0 fully saturated rings. The van der Waals surface area contributed by atoms with E-state index in [2.05, 4.69) is 26.0 Å². The molecule has 0 radical (unpaired) electrons. The van der Waals surface area contributed by atoms with E-state index in [9.17, 15) is 9.59 Å². The van der Waals surface area contributed by atoms with Crippen LogP contribution in [-0.2, 0) is 4.79 Å². The number of carbonyl (C=O) groups is 1. The first-order chi connectivity index (χ1) is 13.8. The second kappa shape index (κ2) is 7.75. The van der Waals surface area contributed by atoms with E-state index >= 15 is 0 Å². The molecule has 1 aliphatic heterocycles. The molecule has 0 spiro atoms. The number of hydrogen-bond acceptors (Lipinski definition) is 4. The fraction of sp³-hybridized carbons (Fsp3) is 0.158. The number of halogens is 3. The quantitative estimate of drug-likeness (QED) is 0.407. The Morgan fingerprint density at radius 3 is 2.76 bits per heavy atom. The van der Waals surface area contributed by atoms with Gasteiger partial charge in [-0.1, -0.05) is 57.0 Å². The van der Waals surface area contributed by atoms with Crippen LogP contribution in [0.5, 0.6) is 0 Å². The van der Waals surface area contributed by atoms with E-state index in [1.165, 1.54) is 18.7 Å². The molecule has 6 nitrogen and oxygen atoms in total. The van der Waals surface area contributed by atoms with Crippen molar-refractivity contribution in [3.05, 3.63) is 66.8 Å². The van der Waals surface area contributed by atoms with E-state index < -0.39 is 6.17 Å². The lowest BCUT2D eigenvalue weighted by atomic mass is 10.0. The normalized spacial score (nSPS) is 15.1. The molecular weight excluding hydrogens is 499 g/mol. The van der Waals surface area contributed by atoms with Gasteiger partial charge in [-0.2, -0.15) is 0 Å². The molecule has 29 heavy (non-hydrogen) atoms. The van der Waals surface area contributed by atoms with Gasteiger partial charge in [-0.3, -0.25) is 14.6 Å². The summed E-state index contributed by atoms with van der Waals surface area (Å²) in [7, 11) is 0. The van der Waals surface area contributed by atoms with Crippen LogP contribution in [0.3, 0.4) is 0 Å². The fourth-order valence-corrected chi connectivity index (χ4v) is 4.56. The van der Waals surface area contributed by atoms with Gasteiger partial charge >= 0.3 is 11.3 Å². The van der Waals surface area contributed by atoms with Crippen molar-refractivity contribution in [3.63, 3.8) is 0 Å². The molecule has 0 aliphatic carbocycles. The summed E-state index contributed by atoms with van der Waals surface area (Å²) < 4.78 is 2.32. The third kappa shape index (κ3) is 3.38. The predicted octanol–water partition coefficient (Wildman–Crippen LogP) is 4.43. The van der Waals surface area contributed by atoms with Crippen molar-refractivity contribution in [1.82, 2.24) is 10.1 Å². The molecule has 1 N–H and O–H groups in total. The van der Waals surface area contributed by atoms with Crippen LogP contribution in [0.4, 0.5) is 5.69 Å². The van der Waals surface area contributed by atoms with Crippen LogP contribution in [0.15, 0.2) is 50.8 Å². The van der Waals surface area contributed by atoms with Crippen LogP contribution in [0.2, 0.25) is 10.0 Å². The van der Waals surface area contributed by atoms with Gasteiger partial charge in [-0.25, -0.2) is 4.90 Å². The van der Waals surface area contributed by atoms with Crippen molar-refractivity contribution in [1.29, 1.82) is 0 Å². The highest BCUT2D eigenvalue weighted by molar-refractivity contribution is 9.10. The zero-order valence-corrected chi connectivity index (χ0v) is 19.2. The van der Waals surface area contributed by atoms with E-state index in [0.29, 0.717) is 37.7 Å². The Labute approximate surface area is 189 Å². The summed E-state index contributed by atoms with van der Waals surface area (Å²) in [5.74, 6) is -0.222. The first-order valence-corrected chi connectivity index (χ1v) is 11.2. The Balaban J connectivity index is 2.14. The molecule has 1 atom stereocenters. The average Bonchev–Trinajstić information content (AvgIpc) is 2.68. The number of nitrogens with one attached hydrogen (secondary N) is 1. The fourth-order valence-electron chi connectivity index (χ4n) is 3.43. The number of hydrogen-bond donors (Lipinski definition) is 1. The van der Waals surface area contributed by atoms with Gasteiger partial charge in [0.25, 0.3) is 6.17 Å². The number of aromatic amines is 1. The Kier molecular flexibility index (Phi) is 5.46. The molecule has 4 rings (SSSR count). The molecule has 1 aromatic heterocycles. The summed E-state index contributed by atoms with van der Waals surface area (Å²) in [5.41, 5.74) is 1.77. The Bertz CT molecular complexity index is 1220. The maximum Gasteiger partial charge on any atom is 0.325 e. The van der Waals surface area contributed by atoms with Crippen LogP contribution >= 0.6 is 50.9 Å². The molecule has 0 unspecified atom stereocenters. The van der Waals surface area contributed by atoms with Crippen LogP contribution in [-0.4, -0.2) is 22.2 Å². The van der Waals surface area contributed by atoms with Crippen molar-refractivity contribution in [2.45, 2.75) is 18.2 Å². The van der Waals surface area contributed by atoms with E-state index in [0.717, 1.165) is 4.47 Å². The van der Waals surface area contributed by atoms with E-state index in [1.807, 2.05) is 12.3 Å². The molecular formula is C19H14BrCl2N4O2S+. The number of fused-ring (bicyclic) bond motifs is 3. The standard InChI is InChI=1S/C19H13BrCl2N4O2S/c1-9(27)25-14-7-6-10(20)8-12(14)16-17(28)23-19(29-2)24-26(16)18(25)11-4-3-5-13(21)15(11)22/h3-8,18H,1-2H3/p+1/t18-/m1/s1. The Hall–Kier alpha value is -1.87. The second-order valence-corrected chi connectivity index (χ2v) is 8.82. The predicted molar refractivity (Wildman–Crippen MR) is 118 cm³/mol. The third-order valence-corrected chi connectivity index (χ3v) is 6.50. The number of rotatable bonds is 2. The van der Waals surface area contributed by atoms with Gasteiger partial charge in [-0.05, 0) is 41.3 Å². The first kappa shape index (κ1) is 20.4. The van der Waals surface area contributed by atoms with Crippen molar-refractivity contribution < 1.29 is 9.48 Å². The molecule has 2 aromatic carbocycles. The average molecular weight is 513 g/mol. The Morgan fingerprint density at radius 1 is 1.31 bits per heavy atom.